The van der Waals surface area contributed by atoms with E-state index in [0.29, 0.717) is 10.4 Å². The Morgan fingerprint density at radius 2 is 1.94 bits per heavy atom. The van der Waals surface area contributed by atoms with Crippen molar-refractivity contribution in [2.24, 2.45) is 11.8 Å². The summed E-state index contributed by atoms with van der Waals surface area (Å²) >= 11 is 3.83. The average molecular weight is 317 g/mol. The Balaban J connectivity index is 1.79. The molecule has 2 atom stereocenters. The molecule has 2 heteroatoms. The first-order valence-electron chi connectivity index (χ1n) is 7.89. The molecule has 1 spiro atoms. The zero-order valence-electron chi connectivity index (χ0n) is 12.1. The van der Waals surface area contributed by atoms with Crippen LogP contribution in [0.1, 0.15) is 71.6 Å². The molecule has 1 saturated carbocycles. The Bertz CT molecular complexity index is 240. The average Bonchev–Trinajstić information content (AvgIpc) is 2.37. The number of rotatable bonds is 4. The van der Waals surface area contributed by atoms with Crippen LogP contribution in [0.15, 0.2) is 0 Å². The standard InChI is InChI=1S/C16H29BrO/c1-13(2)15(17)7-6-14-8-11-18-16(12-14)9-4-3-5-10-16/h13-15H,3-12H2,1-2H3. The summed E-state index contributed by atoms with van der Waals surface area (Å²) < 4.78 is 6.18. The van der Waals surface area contributed by atoms with Gasteiger partial charge in [0.15, 0.2) is 0 Å². The van der Waals surface area contributed by atoms with Gasteiger partial charge in [0, 0.05) is 11.4 Å². The Labute approximate surface area is 121 Å². The van der Waals surface area contributed by atoms with Gasteiger partial charge >= 0.3 is 0 Å². The van der Waals surface area contributed by atoms with Gasteiger partial charge in [-0.1, -0.05) is 49.0 Å². The molecular formula is C16H29BrO. The zero-order valence-corrected chi connectivity index (χ0v) is 13.7. The first kappa shape index (κ1) is 14.8. The lowest BCUT2D eigenvalue weighted by molar-refractivity contribution is -0.118. The maximum atomic E-state index is 6.18. The minimum atomic E-state index is 0.292. The number of ether oxygens (including phenoxy) is 1. The van der Waals surface area contributed by atoms with Gasteiger partial charge < -0.3 is 4.74 Å². The molecule has 2 aliphatic rings. The summed E-state index contributed by atoms with van der Waals surface area (Å²) in [6, 6.07) is 0. The van der Waals surface area contributed by atoms with Crippen LogP contribution in [0.2, 0.25) is 0 Å². The van der Waals surface area contributed by atoms with Gasteiger partial charge in [-0.2, -0.15) is 0 Å². The molecular weight excluding hydrogens is 288 g/mol. The maximum Gasteiger partial charge on any atom is 0.0685 e. The summed E-state index contributed by atoms with van der Waals surface area (Å²) in [4.78, 5) is 0.697. The molecule has 1 aliphatic carbocycles. The molecule has 2 fully saturated rings. The first-order chi connectivity index (χ1) is 8.61. The molecule has 18 heavy (non-hydrogen) atoms. The van der Waals surface area contributed by atoms with E-state index in [9.17, 15) is 0 Å². The number of hydrogen-bond donors (Lipinski definition) is 0. The smallest absolute Gasteiger partial charge is 0.0685 e. The van der Waals surface area contributed by atoms with E-state index in [1.54, 1.807) is 0 Å². The molecule has 2 unspecified atom stereocenters. The highest BCUT2D eigenvalue weighted by Gasteiger charge is 2.38. The van der Waals surface area contributed by atoms with Crippen molar-refractivity contribution in [2.75, 3.05) is 6.61 Å². The van der Waals surface area contributed by atoms with Gasteiger partial charge in [-0.05, 0) is 50.4 Å². The van der Waals surface area contributed by atoms with Crippen molar-refractivity contribution in [2.45, 2.75) is 82.1 Å². The molecule has 1 saturated heterocycles. The fourth-order valence-corrected chi connectivity index (χ4v) is 3.91. The molecule has 1 nitrogen and oxygen atoms in total. The second kappa shape index (κ2) is 6.74. The van der Waals surface area contributed by atoms with Crippen molar-refractivity contribution < 1.29 is 4.74 Å². The Hall–Kier alpha value is 0.440. The summed E-state index contributed by atoms with van der Waals surface area (Å²) in [5, 5.41) is 0. The van der Waals surface area contributed by atoms with Crippen molar-refractivity contribution in [1.82, 2.24) is 0 Å². The van der Waals surface area contributed by atoms with Crippen LogP contribution in [0.3, 0.4) is 0 Å². The number of alkyl halides is 1. The molecule has 106 valence electrons. The SMILES string of the molecule is CC(C)C(Br)CCC1CCOC2(CCCCC2)C1. The van der Waals surface area contributed by atoms with Gasteiger partial charge in [0.1, 0.15) is 0 Å². The van der Waals surface area contributed by atoms with Crippen LogP contribution < -0.4 is 0 Å². The third-order valence-electron chi connectivity index (χ3n) is 4.93. The summed E-state index contributed by atoms with van der Waals surface area (Å²) in [6.45, 7) is 5.64. The lowest BCUT2D eigenvalue weighted by Gasteiger charge is -2.43. The summed E-state index contributed by atoms with van der Waals surface area (Å²) in [5.74, 6) is 1.67. The highest BCUT2D eigenvalue weighted by Crippen LogP contribution is 2.42. The monoisotopic (exact) mass is 316 g/mol. The molecule has 0 bridgehead atoms. The van der Waals surface area contributed by atoms with E-state index in [-0.39, 0.29) is 0 Å². The van der Waals surface area contributed by atoms with Gasteiger partial charge in [-0.15, -0.1) is 0 Å². The van der Waals surface area contributed by atoms with E-state index in [1.807, 2.05) is 0 Å². The van der Waals surface area contributed by atoms with E-state index in [2.05, 4.69) is 29.8 Å². The molecule has 0 radical (unpaired) electrons. The van der Waals surface area contributed by atoms with Crippen molar-refractivity contribution in [3.8, 4) is 0 Å². The Morgan fingerprint density at radius 3 is 2.61 bits per heavy atom. The molecule has 2 rings (SSSR count). The summed E-state index contributed by atoms with van der Waals surface area (Å²) in [6.07, 6.45) is 12.2. The maximum absolute atomic E-state index is 6.18. The van der Waals surface area contributed by atoms with Crippen molar-refractivity contribution in [3.63, 3.8) is 0 Å². The molecule has 1 heterocycles. The molecule has 0 N–H and O–H groups in total. The van der Waals surface area contributed by atoms with Crippen LogP contribution in [-0.4, -0.2) is 17.0 Å². The molecule has 0 amide bonds. The van der Waals surface area contributed by atoms with Crippen LogP contribution in [0.4, 0.5) is 0 Å². The van der Waals surface area contributed by atoms with Gasteiger partial charge in [0.25, 0.3) is 0 Å². The lowest BCUT2D eigenvalue weighted by atomic mass is 9.75. The van der Waals surface area contributed by atoms with Crippen LogP contribution in [0.5, 0.6) is 0 Å². The summed E-state index contributed by atoms with van der Waals surface area (Å²) in [7, 11) is 0. The van der Waals surface area contributed by atoms with E-state index in [0.717, 1.165) is 18.4 Å². The Morgan fingerprint density at radius 1 is 1.22 bits per heavy atom. The normalized spacial score (nSPS) is 29.7. The largest absolute Gasteiger partial charge is 0.375 e. The molecule has 0 aromatic heterocycles. The quantitative estimate of drug-likeness (QED) is 0.638. The summed E-state index contributed by atoms with van der Waals surface area (Å²) in [5.41, 5.74) is 0.292. The molecule has 1 aliphatic heterocycles. The predicted molar refractivity (Wildman–Crippen MR) is 81.3 cm³/mol. The van der Waals surface area contributed by atoms with E-state index in [1.165, 1.54) is 57.8 Å². The zero-order chi connectivity index (χ0) is 13.0. The number of halogens is 1. The third kappa shape index (κ3) is 3.96. The van der Waals surface area contributed by atoms with Crippen molar-refractivity contribution >= 4 is 15.9 Å². The third-order valence-corrected chi connectivity index (χ3v) is 6.45. The van der Waals surface area contributed by atoms with Gasteiger partial charge in [-0.25, -0.2) is 0 Å². The van der Waals surface area contributed by atoms with E-state index in [4.69, 9.17) is 4.74 Å². The van der Waals surface area contributed by atoms with Crippen molar-refractivity contribution in [3.05, 3.63) is 0 Å². The molecule has 0 aromatic rings. The van der Waals surface area contributed by atoms with Gasteiger partial charge in [0.05, 0.1) is 5.60 Å². The highest BCUT2D eigenvalue weighted by atomic mass is 79.9. The fraction of sp³-hybridized carbons (Fsp3) is 1.00. The van der Waals surface area contributed by atoms with Crippen LogP contribution >= 0.6 is 15.9 Å². The van der Waals surface area contributed by atoms with Crippen LogP contribution in [0.25, 0.3) is 0 Å². The second-order valence-corrected chi connectivity index (χ2v) is 7.96. The lowest BCUT2D eigenvalue weighted by Crippen LogP contribution is -2.41. The first-order valence-corrected chi connectivity index (χ1v) is 8.81. The van der Waals surface area contributed by atoms with Crippen LogP contribution in [-0.2, 0) is 4.74 Å². The van der Waals surface area contributed by atoms with E-state index >= 15 is 0 Å². The predicted octanol–water partition coefficient (Wildman–Crippen LogP) is 5.32. The number of hydrogen-bond acceptors (Lipinski definition) is 1. The minimum absolute atomic E-state index is 0.292. The van der Waals surface area contributed by atoms with E-state index < -0.39 is 0 Å². The Kier molecular flexibility index (Phi) is 5.56. The minimum Gasteiger partial charge on any atom is -0.375 e. The van der Waals surface area contributed by atoms with Gasteiger partial charge in [0.2, 0.25) is 0 Å². The van der Waals surface area contributed by atoms with Gasteiger partial charge in [-0.3, -0.25) is 0 Å². The fourth-order valence-electron chi connectivity index (χ4n) is 3.65. The van der Waals surface area contributed by atoms with Crippen LogP contribution in [0, 0.1) is 11.8 Å². The topological polar surface area (TPSA) is 9.23 Å². The molecule has 0 aromatic carbocycles. The second-order valence-electron chi connectivity index (χ2n) is 6.79. The highest BCUT2D eigenvalue weighted by molar-refractivity contribution is 9.09. The van der Waals surface area contributed by atoms with Crippen molar-refractivity contribution in [1.29, 1.82) is 0 Å².